The Kier molecular flexibility index (Phi) is 3.64. The van der Waals surface area contributed by atoms with Gasteiger partial charge in [0, 0.05) is 16.8 Å². The van der Waals surface area contributed by atoms with Gasteiger partial charge in [0.1, 0.15) is 5.69 Å². The van der Waals surface area contributed by atoms with Crippen molar-refractivity contribution in [3.8, 4) is 0 Å². The Morgan fingerprint density at radius 2 is 2.19 bits per heavy atom. The molecular weight excluding hydrogens is 264 g/mol. The van der Waals surface area contributed by atoms with Crippen LogP contribution in [-0.2, 0) is 0 Å². The van der Waals surface area contributed by atoms with Crippen LogP contribution in [0.25, 0.3) is 10.9 Å². The molecule has 0 spiro atoms. The number of pyridine rings is 1. The first-order chi connectivity index (χ1) is 10.1. The minimum Gasteiger partial charge on any atom is -0.396 e. The Hall–Kier alpha value is -1.94. The molecule has 110 valence electrons. The molecule has 2 atom stereocenters. The molecule has 1 heterocycles. The number of amides is 1. The number of hydrogen-bond donors (Lipinski definition) is 2. The van der Waals surface area contributed by atoms with Crippen molar-refractivity contribution in [1.29, 1.82) is 0 Å². The van der Waals surface area contributed by atoms with Gasteiger partial charge in [-0.15, -0.1) is 0 Å². The van der Waals surface area contributed by atoms with Crippen molar-refractivity contribution in [3.05, 3.63) is 42.1 Å². The number of nitrogens with zero attached hydrogens (tertiary/aromatic N) is 1. The van der Waals surface area contributed by atoms with Gasteiger partial charge in [-0.3, -0.25) is 4.79 Å². The van der Waals surface area contributed by atoms with Crippen LogP contribution in [0.15, 0.2) is 36.4 Å². The summed E-state index contributed by atoms with van der Waals surface area (Å²) in [5.41, 5.74) is 1.04. The lowest BCUT2D eigenvalue weighted by molar-refractivity contribution is 0.0826. The third-order valence-corrected chi connectivity index (χ3v) is 4.58. The first kappa shape index (κ1) is 14.0. The molecule has 1 aliphatic rings. The van der Waals surface area contributed by atoms with E-state index >= 15 is 0 Å². The summed E-state index contributed by atoms with van der Waals surface area (Å²) in [4.78, 5) is 16.8. The normalized spacial score (nSPS) is 25.1. The van der Waals surface area contributed by atoms with Crippen molar-refractivity contribution in [1.82, 2.24) is 10.3 Å². The number of rotatable bonds is 3. The van der Waals surface area contributed by atoms with Crippen molar-refractivity contribution in [2.24, 2.45) is 5.41 Å². The summed E-state index contributed by atoms with van der Waals surface area (Å²) < 4.78 is 0. The van der Waals surface area contributed by atoms with Crippen LogP contribution in [0.1, 0.15) is 36.7 Å². The summed E-state index contributed by atoms with van der Waals surface area (Å²) >= 11 is 0. The number of carbonyl (C=O) groups is 1. The molecule has 0 saturated heterocycles. The highest BCUT2D eigenvalue weighted by atomic mass is 16.3. The highest BCUT2D eigenvalue weighted by Gasteiger charge is 2.39. The monoisotopic (exact) mass is 284 g/mol. The SMILES string of the molecule is CC1(CO)CCCC1NC(=O)c1ccc2ccccc2n1. The first-order valence-electron chi connectivity index (χ1n) is 7.40. The Morgan fingerprint density at radius 1 is 1.38 bits per heavy atom. The highest BCUT2D eigenvalue weighted by molar-refractivity contribution is 5.95. The molecule has 1 aliphatic carbocycles. The number of nitrogens with one attached hydrogen (secondary N) is 1. The molecule has 4 heteroatoms. The fraction of sp³-hybridized carbons (Fsp3) is 0.412. The summed E-state index contributed by atoms with van der Waals surface area (Å²) in [5, 5.41) is 13.6. The number of benzene rings is 1. The van der Waals surface area contributed by atoms with Gasteiger partial charge in [0.25, 0.3) is 5.91 Å². The Morgan fingerprint density at radius 3 is 3.00 bits per heavy atom. The molecule has 1 aromatic heterocycles. The third kappa shape index (κ3) is 2.63. The van der Waals surface area contributed by atoms with E-state index in [4.69, 9.17) is 0 Å². The maximum Gasteiger partial charge on any atom is 0.270 e. The van der Waals surface area contributed by atoms with Crippen molar-refractivity contribution in [3.63, 3.8) is 0 Å². The fourth-order valence-electron chi connectivity index (χ4n) is 3.09. The maximum absolute atomic E-state index is 12.4. The average molecular weight is 284 g/mol. The smallest absolute Gasteiger partial charge is 0.270 e. The van der Waals surface area contributed by atoms with Crippen LogP contribution in [0.4, 0.5) is 0 Å². The molecule has 1 saturated carbocycles. The van der Waals surface area contributed by atoms with Gasteiger partial charge in [0.2, 0.25) is 0 Å². The topological polar surface area (TPSA) is 62.2 Å². The van der Waals surface area contributed by atoms with E-state index in [1.54, 1.807) is 6.07 Å². The van der Waals surface area contributed by atoms with Crippen LogP contribution >= 0.6 is 0 Å². The van der Waals surface area contributed by atoms with Crippen LogP contribution in [0.2, 0.25) is 0 Å². The Bertz CT molecular complexity index is 671. The lowest BCUT2D eigenvalue weighted by Crippen LogP contribution is -2.45. The molecule has 3 rings (SSSR count). The molecule has 0 bridgehead atoms. The van der Waals surface area contributed by atoms with Gasteiger partial charge in [-0.1, -0.05) is 37.6 Å². The summed E-state index contributed by atoms with van der Waals surface area (Å²) in [6.07, 6.45) is 2.89. The predicted molar refractivity (Wildman–Crippen MR) is 82.0 cm³/mol. The van der Waals surface area contributed by atoms with Gasteiger partial charge in [-0.2, -0.15) is 0 Å². The summed E-state index contributed by atoms with van der Waals surface area (Å²) in [7, 11) is 0. The number of aromatic nitrogens is 1. The minimum absolute atomic E-state index is 0.0169. The molecule has 2 unspecified atom stereocenters. The maximum atomic E-state index is 12.4. The minimum atomic E-state index is -0.216. The van der Waals surface area contributed by atoms with Gasteiger partial charge in [0.15, 0.2) is 0 Å². The van der Waals surface area contributed by atoms with Crippen LogP contribution in [0.5, 0.6) is 0 Å². The number of aliphatic hydroxyl groups is 1. The van der Waals surface area contributed by atoms with E-state index in [1.165, 1.54) is 0 Å². The Balaban J connectivity index is 1.81. The molecule has 2 aromatic rings. The molecule has 0 aliphatic heterocycles. The number of fused-ring (bicyclic) bond motifs is 1. The second-order valence-electron chi connectivity index (χ2n) is 6.12. The van der Waals surface area contributed by atoms with Gasteiger partial charge in [-0.25, -0.2) is 4.98 Å². The molecule has 1 amide bonds. The zero-order valence-electron chi connectivity index (χ0n) is 12.2. The van der Waals surface area contributed by atoms with Crippen LogP contribution < -0.4 is 5.32 Å². The van der Waals surface area contributed by atoms with Crippen LogP contribution in [0.3, 0.4) is 0 Å². The molecule has 1 fully saturated rings. The Labute approximate surface area is 124 Å². The molecule has 21 heavy (non-hydrogen) atoms. The summed E-state index contributed by atoms with van der Waals surface area (Å²) in [6.45, 7) is 2.13. The molecule has 1 aromatic carbocycles. The van der Waals surface area contributed by atoms with E-state index in [0.717, 1.165) is 30.2 Å². The van der Waals surface area contributed by atoms with Gasteiger partial charge in [0.05, 0.1) is 12.1 Å². The largest absolute Gasteiger partial charge is 0.396 e. The standard InChI is InChI=1S/C17H20N2O2/c1-17(11-20)10-4-7-15(17)19-16(21)14-9-8-12-5-2-3-6-13(12)18-14/h2-3,5-6,8-9,15,20H,4,7,10-11H2,1H3,(H,19,21). The van der Waals surface area contributed by atoms with Gasteiger partial charge < -0.3 is 10.4 Å². The second kappa shape index (κ2) is 5.45. The van der Waals surface area contributed by atoms with Crippen molar-refractivity contribution < 1.29 is 9.90 Å². The van der Waals surface area contributed by atoms with E-state index < -0.39 is 0 Å². The van der Waals surface area contributed by atoms with E-state index in [-0.39, 0.29) is 24.0 Å². The van der Waals surface area contributed by atoms with Crippen molar-refractivity contribution in [2.75, 3.05) is 6.61 Å². The second-order valence-corrected chi connectivity index (χ2v) is 6.12. The zero-order valence-corrected chi connectivity index (χ0v) is 12.2. The van der Waals surface area contributed by atoms with Crippen LogP contribution in [-0.4, -0.2) is 28.6 Å². The summed E-state index contributed by atoms with van der Waals surface area (Å²) in [6, 6.07) is 11.4. The third-order valence-electron chi connectivity index (χ3n) is 4.58. The zero-order chi connectivity index (χ0) is 14.9. The molecule has 2 N–H and O–H groups in total. The highest BCUT2D eigenvalue weighted by Crippen LogP contribution is 2.37. The van der Waals surface area contributed by atoms with E-state index in [2.05, 4.69) is 10.3 Å². The first-order valence-corrected chi connectivity index (χ1v) is 7.40. The fourth-order valence-corrected chi connectivity index (χ4v) is 3.09. The molecule has 4 nitrogen and oxygen atoms in total. The van der Waals surface area contributed by atoms with Crippen molar-refractivity contribution in [2.45, 2.75) is 32.2 Å². The lowest BCUT2D eigenvalue weighted by Gasteiger charge is -2.29. The van der Waals surface area contributed by atoms with Crippen LogP contribution in [0, 0.1) is 5.41 Å². The quantitative estimate of drug-likeness (QED) is 0.910. The molecule has 0 radical (unpaired) electrons. The van der Waals surface area contributed by atoms with Gasteiger partial charge in [-0.05, 0) is 25.0 Å². The van der Waals surface area contributed by atoms with E-state index in [1.807, 2.05) is 37.3 Å². The predicted octanol–water partition coefficient (Wildman–Crippen LogP) is 2.52. The van der Waals surface area contributed by atoms with E-state index in [9.17, 15) is 9.90 Å². The molecular formula is C17H20N2O2. The summed E-state index contributed by atoms with van der Waals surface area (Å²) in [5.74, 6) is -0.160. The number of aliphatic hydroxyl groups excluding tert-OH is 1. The lowest BCUT2D eigenvalue weighted by atomic mass is 9.86. The number of para-hydroxylation sites is 1. The number of hydrogen-bond acceptors (Lipinski definition) is 3. The average Bonchev–Trinajstić information content (AvgIpc) is 2.88. The van der Waals surface area contributed by atoms with Crippen molar-refractivity contribution >= 4 is 16.8 Å². The van der Waals surface area contributed by atoms with E-state index in [0.29, 0.717) is 5.69 Å². The van der Waals surface area contributed by atoms with Gasteiger partial charge >= 0.3 is 0 Å². The number of carbonyl (C=O) groups excluding carboxylic acids is 1.